The fraction of sp³-hybridized carbons (Fsp3) is 0.150. The monoisotopic (exact) mass is 851 g/mol. The van der Waals surface area contributed by atoms with Crippen molar-refractivity contribution in [1.82, 2.24) is 9.97 Å². The van der Waals surface area contributed by atoms with E-state index in [0.717, 1.165) is 34.5 Å². The van der Waals surface area contributed by atoms with Gasteiger partial charge in [-0.1, -0.05) is 47.5 Å². The van der Waals surface area contributed by atoms with Crippen LogP contribution in [0.3, 0.4) is 0 Å². The number of para-hydroxylation sites is 3. The van der Waals surface area contributed by atoms with Gasteiger partial charge in [0.05, 0.1) is 11.4 Å². The summed E-state index contributed by atoms with van der Waals surface area (Å²) in [5, 5.41) is 0. The van der Waals surface area contributed by atoms with Crippen molar-refractivity contribution in [2.75, 3.05) is 4.90 Å². The molecular weight excluding hydrogens is 803 g/mol. The van der Waals surface area contributed by atoms with E-state index in [0.29, 0.717) is 22.6 Å². The summed E-state index contributed by atoms with van der Waals surface area (Å²) in [6.45, 7) is -7.31. The maximum atomic E-state index is 7.89. The van der Waals surface area contributed by atoms with Gasteiger partial charge in [-0.05, 0) is 49.2 Å². The van der Waals surface area contributed by atoms with Crippen molar-refractivity contribution < 1.29 is 37.2 Å². The van der Waals surface area contributed by atoms with E-state index in [4.69, 9.17) is 17.1 Å². The molecule has 6 aromatic rings. The second-order valence-electron chi connectivity index (χ2n) is 11.6. The summed E-state index contributed by atoms with van der Waals surface area (Å²) in [7, 11) is 0. The molecule has 0 saturated carbocycles. The van der Waals surface area contributed by atoms with Crippen molar-refractivity contribution in [3.05, 3.63) is 144 Å². The number of aromatic nitrogens is 2. The molecule has 3 heterocycles. The number of hydrogen-bond donors (Lipinski definition) is 0. The van der Waals surface area contributed by atoms with Gasteiger partial charge in [0.15, 0.2) is 0 Å². The minimum Gasteiger partial charge on any atom is -0.498 e. The summed E-state index contributed by atoms with van der Waals surface area (Å²) in [6, 6.07) is 37.5. The minimum absolute atomic E-state index is 0. The Morgan fingerprint density at radius 1 is 0.739 bits per heavy atom. The van der Waals surface area contributed by atoms with Gasteiger partial charge in [0.1, 0.15) is 5.75 Å². The number of fused-ring (bicyclic) bond motifs is 2. The van der Waals surface area contributed by atoms with Gasteiger partial charge < -0.3 is 14.6 Å². The van der Waals surface area contributed by atoms with Crippen LogP contribution in [0.4, 0.5) is 17.1 Å². The molecule has 0 spiro atoms. The molecule has 0 fully saturated rings. The number of aryl methyl sites for hydroxylation is 3. The van der Waals surface area contributed by atoms with Crippen molar-refractivity contribution in [3.8, 4) is 34.0 Å². The molecule has 0 unspecified atom stereocenters. The first-order valence-electron chi connectivity index (χ1n) is 19.0. The standard InChI is InChI=1S/C25H19N2O.C15H18GeN.Ir/c1-17-15-21(26-16-18(17)2)20-11-8-13-23-25(20)28-24-14-7-6-12-22(24)27(23)19-9-4-3-5-10-19;1-12-5-7-13(8-6-12)15-10-9-14(11-17-15)16(2,3)4;/h3-10,12-16H,1-2H3;5-7,9-11H,1-4H3;/q2*-1;/i1D3,2D3;1D3;. The van der Waals surface area contributed by atoms with Crippen LogP contribution < -0.4 is 14.0 Å². The van der Waals surface area contributed by atoms with E-state index in [2.05, 4.69) is 45.4 Å². The van der Waals surface area contributed by atoms with Gasteiger partial charge >= 0.3 is 110 Å². The van der Waals surface area contributed by atoms with Gasteiger partial charge in [-0.3, -0.25) is 0 Å². The maximum absolute atomic E-state index is 7.89. The summed E-state index contributed by atoms with van der Waals surface area (Å²) in [5.41, 5.74) is 4.62. The Bertz CT molecular complexity index is 2200. The predicted molar refractivity (Wildman–Crippen MR) is 189 cm³/mol. The molecule has 6 heteroatoms. The molecule has 233 valence electrons. The van der Waals surface area contributed by atoms with Gasteiger partial charge in [-0.25, -0.2) is 0 Å². The second-order valence-corrected chi connectivity index (χ2v) is 22.2. The fourth-order valence-electron chi connectivity index (χ4n) is 4.94. The molecule has 1 radical (unpaired) electrons. The number of benzene rings is 4. The van der Waals surface area contributed by atoms with Gasteiger partial charge in [0, 0.05) is 45.9 Å². The molecule has 0 saturated heterocycles. The quantitative estimate of drug-likeness (QED) is 0.131. The fourth-order valence-corrected chi connectivity index (χ4v) is 7.11. The Labute approximate surface area is 301 Å². The number of anilines is 3. The third-order valence-electron chi connectivity index (χ3n) is 7.38. The number of rotatable bonds is 4. The van der Waals surface area contributed by atoms with Crippen LogP contribution in [0.5, 0.6) is 11.5 Å². The molecule has 7 rings (SSSR count). The molecule has 0 bridgehead atoms. The van der Waals surface area contributed by atoms with Crippen LogP contribution in [0, 0.1) is 32.7 Å². The maximum Gasteiger partial charge on any atom is 0.138 e. The Balaban J connectivity index is 0.000000237. The average Bonchev–Trinajstić information content (AvgIpc) is 3.12. The zero-order valence-electron chi connectivity index (χ0n) is 34.6. The number of pyridine rings is 2. The molecule has 1 aliphatic rings. The van der Waals surface area contributed by atoms with Crippen LogP contribution in [0.25, 0.3) is 22.5 Å². The van der Waals surface area contributed by atoms with Crippen molar-refractivity contribution in [2.24, 2.45) is 0 Å². The van der Waals surface area contributed by atoms with Crippen molar-refractivity contribution in [2.45, 2.75) is 37.8 Å². The first-order chi connectivity index (χ1) is 25.3. The molecule has 0 amide bonds. The van der Waals surface area contributed by atoms with E-state index in [9.17, 15) is 0 Å². The summed E-state index contributed by atoms with van der Waals surface area (Å²) in [6.07, 6.45) is 3.06. The molecule has 0 atom stereocenters. The topological polar surface area (TPSA) is 38.3 Å². The third-order valence-corrected chi connectivity index (χ3v) is 11.6. The van der Waals surface area contributed by atoms with E-state index >= 15 is 0 Å². The Morgan fingerprint density at radius 3 is 2.22 bits per heavy atom. The first-order valence-corrected chi connectivity index (χ1v) is 21.8. The largest absolute Gasteiger partial charge is 0.498 e. The zero-order chi connectivity index (χ0) is 39.1. The molecular formula is C40H37GeIrN3O-2. The van der Waals surface area contributed by atoms with Crippen molar-refractivity contribution in [3.63, 3.8) is 0 Å². The SMILES string of the molecule is [2H]C([2H])([2H])c1c[c-]c(-c2cc[c]([Ge]([CH3])([CH3])[CH3])cn2)cc1.[2H]C([2H])([2H])c1cnc(-c2[c-]ccc3c2Oc2ccccc2N3c2ccccc2)cc1C([2H])([2H])[2H].[Ir]. The Hall–Kier alpha value is -4.03. The Morgan fingerprint density at radius 2 is 1.52 bits per heavy atom. The smallest absolute Gasteiger partial charge is 0.138 e. The molecule has 4 nitrogen and oxygen atoms in total. The number of hydrogen-bond acceptors (Lipinski definition) is 4. The van der Waals surface area contributed by atoms with Crippen LogP contribution in [0.2, 0.25) is 17.3 Å². The first kappa shape index (κ1) is 23.3. The minimum atomic E-state index is -2.63. The van der Waals surface area contributed by atoms with Gasteiger partial charge in [0.2, 0.25) is 0 Å². The molecule has 0 N–H and O–H groups in total. The number of nitrogens with zero attached hydrogens (tertiary/aromatic N) is 3. The summed E-state index contributed by atoms with van der Waals surface area (Å²) in [5.74, 6) is 8.06. The zero-order valence-corrected chi connectivity index (χ0v) is 30.0. The van der Waals surface area contributed by atoms with E-state index in [-0.39, 0.29) is 36.9 Å². The molecule has 4 aromatic carbocycles. The van der Waals surface area contributed by atoms with Crippen LogP contribution in [-0.4, -0.2) is 23.2 Å². The van der Waals surface area contributed by atoms with E-state index in [1.165, 1.54) is 16.5 Å². The van der Waals surface area contributed by atoms with E-state index in [1.54, 1.807) is 18.2 Å². The van der Waals surface area contributed by atoms with Gasteiger partial charge in [-0.15, -0.1) is 18.2 Å². The van der Waals surface area contributed by atoms with E-state index < -0.39 is 33.8 Å². The molecule has 1 aliphatic heterocycles. The van der Waals surface area contributed by atoms with Crippen LogP contribution in [-0.2, 0) is 20.1 Å². The van der Waals surface area contributed by atoms with Crippen molar-refractivity contribution >= 4 is 34.7 Å². The normalized spacial score (nSPS) is 15.4. The molecule has 46 heavy (non-hydrogen) atoms. The van der Waals surface area contributed by atoms with Gasteiger partial charge in [0.25, 0.3) is 0 Å². The van der Waals surface area contributed by atoms with Crippen LogP contribution in [0.1, 0.15) is 29.0 Å². The third kappa shape index (κ3) is 7.18. The Kier molecular flexibility index (Phi) is 7.18. The van der Waals surface area contributed by atoms with Crippen molar-refractivity contribution in [1.29, 1.82) is 0 Å². The summed E-state index contributed by atoms with van der Waals surface area (Å²) in [4.78, 5) is 10.8. The number of ether oxygens (including phenoxy) is 1. The summed E-state index contributed by atoms with van der Waals surface area (Å²) < 4.78 is 76.5. The summed E-state index contributed by atoms with van der Waals surface area (Å²) >= 11 is -1.83. The molecule has 0 aliphatic carbocycles. The predicted octanol–water partition coefficient (Wildman–Crippen LogP) is 10.1. The second kappa shape index (κ2) is 14.2. The molecule has 2 aromatic heterocycles. The van der Waals surface area contributed by atoms with Gasteiger partial charge in [-0.2, -0.15) is 0 Å². The van der Waals surface area contributed by atoms with Crippen LogP contribution >= 0.6 is 0 Å². The van der Waals surface area contributed by atoms with Crippen LogP contribution in [0.15, 0.2) is 116 Å². The van der Waals surface area contributed by atoms with E-state index in [1.807, 2.05) is 77.8 Å². The average molecular weight is 850 g/mol.